The Labute approximate surface area is 91.5 Å². The predicted molar refractivity (Wildman–Crippen MR) is 52.9 cm³/mol. The highest BCUT2D eigenvalue weighted by Gasteiger charge is 2.36. The van der Waals surface area contributed by atoms with Gasteiger partial charge in [0.15, 0.2) is 0 Å². The van der Waals surface area contributed by atoms with Crippen LogP contribution in [-0.2, 0) is 4.79 Å². The summed E-state index contributed by atoms with van der Waals surface area (Å²) >= 11 is 0. The van der Waals surface area contributed by atoms with Crippen LogP contribution >= 0.6 is 0 Å². The van der Waals surface area contributed by atoms with E-state index >= 15 is 0 Å². The first-order valence-electron chi connectivity index (χ1n) is 4.98. The van der Waals surface area contributed by atoms with Gasteiger partial charge in [-0.1, -0.05) is 18.2 Å². The number of carbonyl (C=O) groups is 1. The average molecular weight is 234 g/mol. The summed E-state index contributed by atoms with van der Waals surface area (Å²) in [6.07, 6.45) is 3.37. The maximum Gasteiger partial charge on any atom is 0.422 e. The van der Waals surface area contributed by atoms with Crippen LogP contribution in [-0.4, -0.2) is 17.3 Å². The van der Waals surface area contributed by atoms with Crippen LogP contribution in [0.15, 0.2) is 23.8 Å². The summed E-state index contributed by atoms with van der Waals surface area (Å²) in [5.74, 6) is -0.961. The second-order valence-corrected chi connectivity index (χ2v) is 3.99. The third-order valence-corrected chi connectivity index (χ3v) is 2.76. The largest absolute Gasteiger partial charge is 0.478 e. The Bertz CT molecular complexity index is 329. The summed E-state index contributed by atoms with van der Waals surface area (Å²) in [5.41, 5.74) is -0.00694. The Balaban J connectivity index is 0.000000163. The Morgan fingerprint density at radius 1 is 1.50 bits per heavy atom. The van der Waals surface area contributed by atoms with Crippen molar-refractivity contribution in [2.45, 2.75) is 31.9 Å². The molecule has 0 aromatic rings. The summed E-state index contributed by atoms with van der Waals surface area (Å²) in [4.78, 5) is 9.53. The van der Waals surface area contributed by atoms with E-state index in [1.807, 2.05) is 0 Å². The molecule has 2 aliphatic carbocycles. The topological polar surface area (TPSA) is 37.3 Å². The molecule has 1 saturated carbocycles. The standard InChI is InChI=1S/C7H10.C4H3F3O2/c1-2-7-4-3-6(1)5-7;1-2(3(8)9)4(5,6)7/h1,7H,2-5H2;1H2,(H,8,9). The fourth-order valence-corrected chi connectivity index (χ4v) is 1.81. The van der Waals surface area contributed by atoms with Gasteiger partial charge in [-0.05, 0) is 31.6 Å². The summed E-state index contributed by atoms with van der Waals surface area (Å²) in [6, 6.07) is 0. The van der Waals surface area contributed by atoms with Crippen molar-refractivity contribution in [2.75, 3.05) is 0 Å². The first kappa shape index (κ1) is 12.8. The summed E-state index contributed by atoms with van der Waals surface area (Å²) in [7, 11) is 0. The van der Waals surface area contributed by atoms with Gasteiger partial charge in [0.1, 0.15) is 5.57 Å². The zero-order valence-corrected chi connectivity index (χ0v) is 8.68. The number of allylic oxidation sites excluding steroid dienone is 2. The van der Waals surface area contributed by atoms with Gasteiger partial charge in [-0.15, -0.1) is 0 Å². The SMILES string of the molecule is C1=C2CCC(C1)C2.C=C(C(=O)O)C(F)(F)F. The van der Waals surface area contributed by atoms with Gasteiger partial charge in [-0.2, -0.15) is 13.2 Å². The molecule has 0 heterocycles. The first-order chi connectivity index (χ1) is 7.30. The predicted octanol–water partition coefficient (Wildman–Crippen LogP) is 3.31. The Morgan fingerprint density at radius 2 is 2.12 bits per heavy atom. The molecule has 2 rings (SSSR count). The number of alkyl halides is 3. The van der Waals surface area contributed by atoms with E-state index in [0.717, 1.165) is 5.92 Å². The lowest BCUT2D eigenvalue weighted by molar-refractivity contribution is -0.144. The van der Waals surface area contributed by atoms with Gasteiger partial charge < -0.3 is 5.11 Å². The quantitative estimate of drug-likeness (QED) is 0.558. The van der Waals surface area contributed by atoms with Gasteiger partial charge in [-0.3, -0.25) is 0 Å². The maximum atomic E-state index is 11.2. The third-order valence-electron chi connectivity index (χ3n) is 2.76. The molecule has 0 spiro atoms. The van der Waals surface area contributed by atoms with E-state index in [-0.39, 0.29) is 0 Å². The molecule has 0 saturated heterocycles. The zero-order valence-electron chi connectivity index (χ0n) is 8.68. The van der Waals surface area contributed by atoms with E-state index in [1.165, 1.54) is 25.7 Å². The monoisotopic (exact) mass is 234 g/mol. The van der Waals surface area contributed by atoms with Crippen molar-refractivity contribution in [3.63, 3.8) is 0 Å². The second kappa shape index (κ2) is 4.72. The van der Waals surface area contributed by atoms with Crippen molar-refractivity contribution in [1.82, 2.24) is 0 Å². The van der Waals surface area contributed by atoms with Crippen molar-refractivity contribution in [2.24, 2.45) is 5.92 Å². The van der Waals surface area contributed by atoms with Gasteiger partial charge in [-0.25, -0.2) is 4.79 Å². The fourth-order valence-electron chi connectivity index (χ4n) is 1.81. The molecule has 1 unspecified atom stereocenters. The highest BCUT2D eigenvalue weighted by atomic mass is 19.4. The number of rotatable bonds is 1. The zero-order chi connectivity index (χ0) is 12.3. The summed E-state index contributed by atoms with van der Waals surface area (Å²) in [5, 5.41) is 7.70. The molecule has 0 aromatic carbocycles. The van der Waals surface area contributed by atoms with Gasteiger partial charge in [0.2, 0.25) is 0 Å². The van der Waals surface area contributed by atoms with Gasteiger partial charge in [0.05, 0.1) is 0 Å². The third kappa shape index (κ3) is 3.40. The van der Waals surface area contributed by atoms with Gasteiger partial charge in [0, 0.05) is 0 Å². The highest BCUT2D eigenvalue weighted by Crippen LogP contribution is 2.38. The van der Waals surface area contributed by atoms with Crippen LogP contribution in [0.4, 0.5) is 13.2 Å². The molecule has 1 atom stereocenters. The van der Waals surface area contributed by atoms with Crippen LogP contribution in [0.1, 0.15) is 25.7 Å². The maximum absolute atomic E-state index is 11.2. The lowest BCUT2D eigenvalue weighted by atomic mass is 10.1. The van der Waals surface area contributed by atoms with E-state index in [2.05, 4.69) is 12.7 Å². The minimum Gasteiger partial charge on any atom is -0.478 e. The van der Waals surface area contributed by atoms with E-state index in [9.17, 15) is 18.0 Å². The Kier molecular flexibility index (Phi) is 3.78. The summed E-state index contributed by atoms with van der Waals surface area (Å²) < 4.78 is 33.7. The number of carboxylic acids is 1. The van der Waals surface area contributed by atoms with E-state index in [0.29, 0.717) is 0 Å². The molecule has 0 radical (unpaired) electrons. The number of fused-ring (bicyclic) bond motifs is 2. The van der Waals surface area contributed by atoms with Crippen LogP contribution in [0.3, 0.4) is 0 Å². The number of hydrogen-bond acceptors (Lipinski definition) is 1. The van der Waals surface area contributed by atoms with Crippen LogP contribution in [0.5, 0.6) is 0 Å². The Hall–Kier alpha value is -1.26. The minimum atomic E-state index is -4.81. The van der Waals surface area contributed by atoms with Gasteiger partial charge in [0.25, 0.3) is 0 Å². The number of hydrogen-bond donors (Lipinski definition) is 1. The summed E-state index contributed by atoms with van der Waals surface area (Å²) in [6.45, 7) is 2.30. The molecule has 1 N–H and O–H groups in total. The molecule has 5 heteroatoms. The van der Waals surface area contributed by atoms with Crippen LogP contribution in [0, 0.1) is 5.92 Å². The highest BCUT2D eigenvalue weighted by molar-refractivity contribution is 5.87. The molecule has 16 heavy (non-hydrogen) atoms. The van der Waals surface area contributed by atoms with Crippen LogP contribution in [0.25, 0.3) is 0 Å². The molecular weight excluding hydrogens is 221 g/mol. The van der Waals surface area contributed by atoms with E-state index in [1.54, 1.807) is 5.57 Å². The van der Waals surface area contributed by atoms with Crippen molar-refractivity contribution in [3.8, 4) is 0 Å². The average Bonchev–Trinajstić information content (AvgIpc) is 2.79. The van der Waals surface area contributed by atoms with Crippen molar-refractivity contribution < 1.29 is 23.1 Å². The fraction of sp³-hybridized carbons (Fsp3) is 0.545. The molecule has 0 aliphatic heterocycles. The van der Waals surface area contributed by atoms with E-state index < -0.39 is 17.7 Å². The molecule has 2 nitrogen and oxygen atoms in total. The normalized spacial score (nSPS) is 22.2. The molecule has 2 bridgehead atoms. The van der Waals surface area contributed by atoms with Crippen LogP contribution in [0.2, 0.25) is 0 Å². The van der Waals surface area contributed by atoms with Crippen LogP contribution < -0.4 is 0 Å². The van der Waals surface area contributed by atoms with Gasteiger partial charge >= 0.3 is 12.1 Å². The smallest absolute Gasteiger partial charge is 0.422 e. The molecule has 1 fully saturated rings. The minimum absolute atomic E-state index is 1.08. The second-order valence-electron chi connectivity index (χ2n) is 3.99. The van der Waals surface area contributed by atoms with Crippen molar-refractivity contribution in [3.05, 3.63) is 23.8 Å². The molecule has 2 aliphatic rings. The lowest BCUT2D eigenvalue weighted by Crippen LogP contribution is -2.18. The van der Waals surface area contributed by atoms with Crippen molar-refractivity contribution >= 4 is 5.97 Å². The molecular formula is C11H13F3O2. The molecule has 90 valence electrons. The van der Waals surface area contributed by atoms with E-state index in [4.69, 9.17) is 5.11 Å². The number of aliphatic carboxylic acids is 1. The number of halogens is 3. The molecule has 0 aromatic heterocycles. The Morgan fingerprint density at radius 3 is 2.19 bits per heavy atom. The lowest BCUT2D eigenvalue weighted by Gasteiger charge is -2.02. The van der Waals surface area contributed by atoms with Crippen molar-refractivity contribution in [1.29, 1.82) is 0 Å². The first-order valence-corrected chi connectivity index (χ1v) is 4.98. The number of carboxylic acid groups (broad SMARTS) is 1. The molecule has 0 amide bonds.